The molecule has 0 bridgehead atoms. The molecule has 2 aliphatic rings. The second-order valence-corrected chi connectivity index (χ2v) is 24.3. The van der Waals surface area contributed by atoms with E-state index in [4.69, 9.17) is 14.2 Å². The molecule has 0 radical (unpaired) electrons. The van der Waals surface area contributed by atoms with Crippen LogP contribution in [0.3, 0.4) is 0 Å². The van der Waals surface area contributed by atoms with E-state index in [9.17, 15) is 31.2 Å². The van der Waals surface area contributed by atoms with Crippen molar-refractivity contribution in [2.24, 2.45) is 0 Å². The van der Waals surface area contributed by atoms with Gasteiger partial charge in [-0.15, -0.1) is 0 Å². The summed E-state index contributed by atoms with van der Waals surface area (Å²) in [4.78, 5) is 44.3. The number of amides is 3. The Balaban J connectivity index is 0.000000282. The van der Waals surface area contributed by atoms with Crippen LogP contribution in [0.25, 0.3) is 0 Å². The number of benzene rings is 4. The van der Waals surface area contributed by atoms with E-state index in [1.807, 2.05) is 76.3 Å². The molecule has 20 heteroatoms. The van der Waals surface area contributed by atoms with Gasteiger partial charge in [-0.2, -0.15) is 0 Å². The Hall–Kier alpha value is -5.93. The van der Waals surface area contributed by atoms with Crippen molar-refractivity contribution in [1.29, 1.82) is 0 Å². The Morgan fingerprint density at radius 3 is 1.27 bits per heavy atom. The van der Waals surface area contributed by atoms with E-state index in [1.165, 1.54) is 22.7 Å². The average Bonchev–Trinajstić information content (AvgIpc) is 3.36. The molecule has 3 amide bonds. The summed E-state index contributed by atoms with van der Waals surface area (Å²) >= 11 is 0. The lowest BCUT2D eigenvalue weighted by atomic mass is 10.0. The van der Waals surface area contributed by atoms with Gasteiger partial charge in [0.1, 0.15) is 17.1 Å². The standard InChI is InChI=1S/C30H44N4O6S.C25H36N4O4S/c1-21-19-26(39-8)20-22(2)28(21)41(37,38)32(6)16-15-27(35)31-23-9-11-25(12-10-23)34-17-13-24(14-18-34)33(7)29(36)40-30(3,4)5;1-18-16-23(33-5)17-19(2)25(18)34(31,32)28(4)13-12-24(30)27-21-6-8-22(9-7-21)29-14-10-20(26-3)11-15-29/h9-12,19-20,24H,13-18H2,1-8H3,(H,31,35);6-9,16-17,20,26H,10-15H2,1-5H3,(H,27,30). The fraction of sp³-hybridized carbons (Fsp3) is 0.509. The minimum Gasteiger partial charge on any atom is -0.497 e. The van der Waals surface area contributed by atoms with Gasteiger partial charge in [-0.05, 0) is 176 Å². The summed E-state index contributed by atoms with van der Waals surface area (Å²) in [6.07, 6.45) is 3.67. The van der Waals surface area contributed by atoms with Crippen molar-refractivity contribution in [1.82, 2.24) is 18.8 Å². The number of nitrogens with zero attached hydrogens (tertiary/aromatic N) is 5. The van der Waals surface area contributed by atoms with Crippen molar-refractivity contribution >= 4 is 60.7 Å². The van der Waals surface area contributed by atoms with Crippen LogP contribution in [-0.4, -0.2) is 148 Å². The van der Waals surface area contributed by atoms with Crippen LogP contribution in [0.4, 0.5) is 27.5 Å². The van der Waals surface area contributed by atoms with Crippen molar-refractivity contribution in [3.05, 3.63) is 95.1 Å². The SMILES string of the molecule is CNC1CCN(c2ccc(NC(=O)CCN(C)S(=O)(=O)c3c(C)cc(OC)cc3C)cc2)CC1.COc1cc(C)c(S(=O)(=O)N(C)CCC(=O)Nc2ccc(N3CCC(N(C)C(=O)OC(C)(C)C)CC3)cc2)c(C)c1. The largest absolute Gasteiger partial charge is 0.497 e. The molecule has 0 atom stereocenters. The fourth-order valence-corrected chi connectivity index (χ4v) is 12.5. The number of carbonyl (C=O) groups is 3. The Morgan fingerprint density at radius 1 is 0.600 bits per heavy atom. The third-order valence-corrected chi connectivity index (χ3v) is 17.9. The molecule has 0 spiro atoms. The fourth-order valence-electron chi connectivity index (χ4n) is 9.32. The maximum absolute atomic E-state index is 13.2. The molecule has 75 heavy (non-hydrogen) atoms. The predicted molar refractivity (Wildman–Crippen MR) is 297 cm³/mol. The van der Waals surface area contributed by atoms with E-state index in [0.29, 0.717) is 51.2 Å². The smallest absolute Gasteiger partial charge is 0.410 e. The quantitative estimate of drug-likeness (QED) is 0.0869. The molecule has 0 unspecified atom stereocenters. The Bertz CT molecular complexity index is 2760. The van der Waals surface area contributed by atoms with Gasteiger partial charge in [0.2, 0.25) is 31.9 Å². The first-order valence-corrected chi connectivity index (χ1v) is 28.3. The first-order valence-electron chi connectivity index (χ1n) is 25.4. The molecule has 6 rings (SSSR count). The van der Waals surface area contributed by atoms with Gasteiger partial charge in [-0.3, -0.25) is 9.59 Å². The number of hydrogen-bond donors (Lipinski definition) is 3. The number of carbonyl (C=O) groups excluding carboxylic acids is 3. The van der Waals surface area contributed by atoms with Crippen molar-refractivity contribution in [2.45, 2.75) is 114 Å². The summed E-state index contributed by atoms with van der Waals surface area (Å²) in [5.74, 6) is 0.716. The third kappa shape index (κ3) is 16.3. The molecule has 0 aromatic heterocycles. The Kier molecular flexibility index (Phi) is 21.0. The van der Waals surface area contributed by atoms with E-state index < -0.39 is 25.6 Å². The van der Waals surface area contributed by atoms with Gasteiger partial charge in [-0.1, -0.05) is 0 Å². The van der Waals surface area contributed by atoms with Crippen molar-refractivity contribution in [3.63, 3.8) is 0 Å². The zero-order valence-electron chi connectivity index (χ0n) is 46.2. The van der Waals surface area contributed by atoms with E-state index in [1.54, 1.807) is 78.1 Å². The van der Waals surface area contributed by atoms with E-state index in [-0.39, 0.29) is 59.7 Å². The molecular formula is C55H80N8O10S2. The molecule has 2 fully saturated rings. The first kappa shape index (κ1) is 59.9. The van der Waals surface area contributed by atoms with Crippen LogP contribution < -0.4 is 35.2 Å². The third-order valence-electron chi connectivity index (χ3n) is 13.6. The number of nitrogens with one attached hydrogen (secondary N) is 3. The Labute approximate surface area is 446 Å². The predicted octanol–water partition coefficient (Wildman–Crippen LogP) is 7.95. The number of piperidine rings is 2. The van der Waals surface area contributed by atoms with Crippen LogP contribution in [0.5, 0.6) is 11.5 Å². The number of methoxy groups -OCH3 is 2. The highest BCUT2D eigenvalue weighted by atomic mass is 32.2. The number of sulfonamides is 2. The molecule has 18 nitrogen and oxygen atoms in total. The zero-order chi connectivity index (χ0) is 55.4. The molecule has 4 aromatic rings. The molecule has 4 aromatic carbocycles. The summed E-state index contributed by atoms with van der Waals surface area (Å²) in [6.45, 7) is 16.3. The molecule has 0 saturated carbocycles. The first-order chi connectivity index (χ1) is 35.3. The van der Waals surface area contributed by atoms with Crippen LogP contribution in [-0.2, 0) is 34.4 Å². The number of hydrogen-bond acceptors (Lipinski definition) is 13. The summed E-state index contributed by atoms with van der Waals surface area (Å²) < 4.78 is 71.0. The van der Waals surface area contributed by atoms with Crippen LogP contribution >= 0.6 is 0 Å². The van der Waals surface area contributed by atoms with Gasteiger partial charge in [0.05, 0.1) is 24.0 Å². The van der Waals surface area contributed by atoms with E-state index >= 15 is 0 Å². The van der Waals surface area contributed by atoms with Gasteiger partial charge in [0.25, 0.3) is 0 Å². The second-order valence-electron chi connectivity index (χ2n) is 20.4. The topological polar surface area (TPSA) is 199 Å². The van der Waals surface area contributed by atoms with E-state index in [2.05, 4.69) is 25.8 Å². The summed E-state index contributed by atoms with van der Waals surface area (Å²) in [5.41, 5.74) is 5.42. The average molecular weight is 1080 g/mol. The molecule has 2 heterocycles. The van der Waals surface area contributed by atoms with Gasteiger partial charge in [-0.25, -0.2) is 30.2 Å². The lowest BCUT2D eigenvalue weighted by molar-refractivity contribution is -0.117. The number of rotatable bonds is 18. The molecule has 0 aliphatic carbocycles. The van der Waals surface area contributed by atoms with Gasteiger partial charge in [0.15, 0.2) is 0 Å². The summed E-state index contributed by atoms with van der Waals surface area (Å²) in [7, 11) is 2.37. The highest BCUT2D eigenvalue weighted by Crippen LogP contribution is 2.31. The summed E-state index contributed by atoms with van der Waals surface area (Å²) in [6, 6.07) is 22.9. The van der Waals surface area contributed by atoms with Gasteiger partial charge < -0.3 is 44.9 Å². The lowest BCUT2D eigenvalue weighted by Gasteiger charge is -2.38. The van der Waals surface area contributed by atoms with Gasteiger partial charge in [0, 0.05) is 108 Å². The number of anilines is 4. The highest BCUT2D eigenvalue weighted by molar-refractivity contribution is 7.89. The Morgan fingerprint density at radius 2 is 0.947 bits per heavy atom. The molecular weight excluding hydrogens is 997 g/mol. The van der Waals surface area contributed by atoms with Crippen LogP contribution in [0.1, 0.15) is 81.5 Å². The summed E-state index contributed by atoms with van der Waals surface area (Å²) in [5, 5.41) is 9.06. The normalized spacial score (nSPS) is 14.8. The van der Waals surface area contributed by atoms with Gasteiger partial charge >= 0.3 is 6.09 Å². The second kappa shape index (κ2) is 26.2. The number of aryl methyl sites for hydroxylation is 4. The maximum atomic E-state index is 13.2. The van der Waals surface area contributed by atoms with Crippen molar-refractivity contribution in [2.75, 3.05) is 102 Å². The maximum Gasteiger partial charge on any atom is 0.410 e. The molecule has 412 valence electrons. The lowest BCUT2D eigenvalue weighted by Crippen LogP contribution is -2.47. The zero-order valence-corrected chi connectivity index (χ0v) is 47.8. The van der Waals surface area contributed by atoms with Crippen LogP contribution in [0.2, 0.25) is 0 Å². The van der Waals surface area contributed by atoms with Crippen LogP contribution in [0.15, 0.2) is 82.6 Å². The minimum absolute atomic E-state index is 0.0183. The van der Waals surface area contributed by atoms with E-state index in [0.717, 1.165) is 63.2 Å². The van der Waals surface area contributed by atoms with Crippen molar-refractivity contribution < 1.29 is 45.4 Å². The molecule has 3 N–H and O–H groups in total. The minimum atomic E-state index is -3.77. The monoisotopic (exact) mass is 1080 g/mol. The van der Waals surface area contributed by atoms with Crippen molar-refractivity contribution in [3.8, 4) is 11.5 Å². The number of ether oxygens (including phenoxy) is 3. The molecule has 2 aliphatic heterocycles. The highest BCUT2D eigenvalue weighted by Gasteiger charge is 2.30. The van der Waals surface area contributed by atoms with Crippen LogP contribution in [0, 0.1) is 27.7 Å². The molecule has 2 saturated heterocycles.